The summed E-state index contributed by atoms with van der Waals surface area (Å²) in [4.78, 5) is 31.9. The maximum absolute atomic E-state index is 12.6. The van der Waals surface area contributed by atoms with Gasteiger partial charge in [0.15, 0.2) is 0 Å². The number of anilines is 1. The van der Waals surface area contributed by atoms with Gasteiger partial charge in [-0.3, -0.25) is 14.6 Å². The second kappa shape index (κ2) is 8.28. The number of aromatic amines is 1. The van der Waals surface area contributed by atoms with E-state index in [2.05, 4.69) is 20.4 Å². The zero-order valence-electron chi connectivity index (χ0n) is 17.6. The minimum Gasteiger partial charge on any atom is -0.307 e. The van der Waals surface area contributed by atoms with Crippen LogP contribution in [0.15, 0.2) is 41.2 Å². The maximum atomic E-state index is 12.6. The minimum absolute atomic E-state index is 0.240. The number of hydrogen-bond donors (Lipinski definition) is 2. The first-order chi connectivity index (χ1) is 14.1. The van der Waals surface area contributed by atoms with Crippen molar-refractivity contribution in [1.29, 1.82) is 0 Å². The molecular weight excluding hydrogens is 402 g/mol. The molecule has 0 fully saturated rings. The number of carbonyl (C=O) groups is 1. The van der Waals surface area contributed by atoms with Gasteiger partial charge in [0, 0.05) is 33.8 Å². The van der Waals surface area contributed by atoms with Crippen LogP contribution in [-0.2, 0) is 10.2 Å². The summed E-state index contributed by atoms with van der Waals surface area (Å²) in [5, 5.41) is 7.94. The molecule has 1 amide bonds. The van der Waals surface area contributed by atoms with Gasteiger partial charge in [0.1, 0.15) is 5.82 Å². The van der Waals surface area contributed by atoms with Crippen LogP contribution >= 0.6 is 11.6 Å². The first-order valence-electron chi connectivity index (χ1n) is 9.48. The third-order valence-electron chi connectivity index (χ3n) is 4.63. The molecule has 0 radical (unpaired) electrons. The van der Waals surface area contributed by atoms with Gasteiger partial charge in [-0.2, -0.15) is 9.78 Å². The SMILES string of the molecule is Cc1nc(-n2nc(C(C)(C)C)cc2NC(=O)/C=C/c2ccccc2Cl)[nH]c(=O)c1C. The molecule has 0 spiro atoms. The van der Waals surface area contributed by atoms with Gasteiger partial charge < -0.3 is 5.32 Å². The summed E-state index contributed by atoms with van der Waals surface area (Å²) >= 11 is 6.13. The fourth-order valence-corrected chi connectivity index (χ4v) is 2.87. The summed E-state index contributed by atoms with van der Waals surface area (Å²) in [6.45, 7) is 9.50. The molecule has 0 bridgehead atoms. The monoisotopic (exact) mass is 425 g/mol. The molecule has 0 unspecified atom stereocenters. The van der Waals surface area contributed by atoms with E-state index >= 15 is 0 Å². The van der Waals surface area contributed by atoms with Crippen molar-refractivity contribution in [2.24, 2.45) is 0 Å². The van der Waals surface area contributed by atoms with Crippen molar-refractivity contribution in [2.75, 3.05) is 5.32 Å². The topological polar surface area (TPSA) is 92.7 Å². The Morgan fingerprint density at radius 2 is 1.93 bits per heavy atom. The Morgan fingerprint density at radius 3 is 2.57 bits per heavy atom. The van der Waals surface area contributed by atoms with Crippen LogP contribution in [0.1, 0.15) is 43.3 Å². The molecule has 0 aliphatic carbocycles. The largest absolute Gasteiger partial charge is 0.307 e. The summed E-state index contributed by atoms with van der Waals surface area (Å²) in [7, 11) is 0. The van der Waals surface area contributed by atoms with E-state index in [4.69, 9.17) is 11.6 Å². The molecule has 0 aliphatic heterocycles. The van der Waals surface area contributed by atoms with Gasteiger partial charge >= 0.3 is 0 Å². The number of nitrogens with zero attached hydrogens (tertiary/aromatic N) is 3. The van der Waals surface area contributed by atoms with E-state index in [9.17, 15) is 9.59 Å². The molecule has 7 nitrogen and oxygen atoms in total. The molecule has 2 aromatic heterocycles. The molecule has 2 N–H and O–H groups in total. The highest BCUT2D eigenvalue weighted by Gasteiger charge is 2.22. The van der Waals surface area contributed by atoms with Crippen molar-refractivity contribution < 1.29 is 4.79 Å². The predicted octanol–water partition coefficient (Wildman–Crippen LogP) is 4.18. The Balaban J connectivity index is 1.98. The normalized spacial score (nSPS) is 11.8. The van der Waals surface area contributed by atoms with Gasteiger partial charge in [-0.15, -0.1) is 0 Å². The van der Waals surface area contributed by atoms with Crippen molar-refractivity contribution in [3.05, 3.63) is 74.3 Å². The molecule has 1 aromatic carbocycles. The number of H-pyrrole nitrogens is 1. The Kier molecular flexibility index (Phi) is 5.94. The molecule has 2 heterocycles. The van der Waals surface area contributed by atoms with E-state index in [1.807, 2.05) is 39.0 Å². The van der Waals surface area contributed by atoms with Gasteiger partial charge in [0.05, 0.1) is 5.69 Å². The number of rotatable bonds is 4. The lowest BCUT2D eigenvalue weighted by Crippen LogP contribution is -2.20. The van der Waals surface area contributed by atoms with E-state index in [0.29, 0.717) is 22.1 Å². The summed E-state index contributed by atoms with van der Waals surface area (Å²) < 4.78 is 1.44. The number of nitrogens with one attached hydrogen (secondary N) is 2. The van der Waals surface area contributed by atoms with E-state index in [1.165, 1.54) is 10.8 Å². The van der Waals surface area contributed by atoms with Crippen molar-refractivity contribution in [3.8, 4) is 5.95 Å². The molecule has 8 heteroatoms. The Bertz CT molecular complexity index is 1180. The van der Waals surface area contributed by atoms with Crippen LogP contribution in [0.25, 0.3) is 12.0 Å². The average Bonchev–Trinajstić information content (AvgIpc) is 3.09. The quantitative estimate of drug-likeness (QED) is 0.613. The summed E-state index contributed by atoms with van der Waals surface area (Å²) in [6.07, 6.45) is 3.03. The number of aryl methyl sites for hydroxylation is 1. The molecule has 30 heavy (non-hydrogen) atoms. The predicted molar refractivity (Wildman–Crippen MR) is 119 cm³/mol. The van der Waals surface area contributed by atoms with Crippen molar-refractivity contribution in [2.45, 2.75) is 40.0 Å². The number of carbonyl (C=O) groups excluding carboxylic acids is 1. The molecule has 0 saturated carbocycles. The molecule has 3 rings (SSSR count). The zero-order chi connectivity index (χ0) is 22.1. The molecule has 0 saturated heterocycles. The number of aromatic nitrogens is 4. The van der Waals surface area contributed by atoms with E-state index < -0.39 is 0 Å². The number of benzene rings is 1. The van der Waals surface area contributed by atoms with Crippen LogP contribution in [0, 0.1) is 13.8 Å². The number of halogens is 1. The molecule has 0 aliphatic rings. The molecular formula is C22H24ClN5O2. The van der Waals surface area contributed by atoms with Crippen molar-refractivity contribution in [1.82, 2.24) is 19.7 Å². The van der Waals surface area contributed by atoms with Crippen molar-refractivity contribution >= 4 is 29.4 Å². The average molecular weight is 426 g/mol. The third-order valence-corrected chi connectivity index (χ3v) is 4.98. The highest BCUT2D eigenvalue weighted by Crippen LogP contribution is 2.25. The Hall–Kier alpha value is -3.19. The fourth-order valence-electron chi connectivity index (χ4n) is 2.67. The molecule has 0 atom stereocenters. The summed E-state index contributed by atoms with van der Waals surface area (Å²) in [5.41, 5.74) is 2.10. The summed E-state index contributed by atoms with van der Waals surface area (Å²) in [6, 6.07) is 9.01. The number of amides is 1. The number of hydrogen-bond acceptors (Lipinski definition) is 4. The van der Waals surface area contributed by atoms with Gasteiger partial charge in [0.25, 0.3) is 5.56 Å². The Labute approximate surface area is 179 Å². The second-order valence-electron chi connectivity index (χ2n) is 8.02. The van der Waals surface area contributed by atoms with Gasteiger partial charge in [-0.1, -0.05) is 50.6 Å². The van der Waals surface area contributed by atoms with Gasteiger partial charge in [-0.25, -0.2) is 4.98 Å². The van der Waals surface area contributed by atoms with E-state index in [0.717, 1.165) is 11.3 Å². The highest BCUT2D eigenvalue weighted by atomic mass is 35.5. The fraction of sp³-hybridized carbons (Fsp3) is 0.273. The lowest BCUT2D eigenvalue weighted by molar-refractivity contribution is -0.111. The second-order valence-corrected chi connectivity index (χ2v) is 8.43. The van der Waals surface area contributed by atoms with Crippen LogP contribution < -0.4 is 10.9 Å². The zero-order valence-corrected chi connectivity index (χ0v) is 18.3. The van der Waals surface area contributed by atoms with Crippen LogP contribution in [0.3, 0.4) is 0 Å². The van der Waals surface area contributed by atoms with E-state index in [-0.39, 0.29) is 22.8 Å². The minimum atomic E-state index is -0.359. The van der Waals surface area contributed by atoms with Crippen LogP contribution in [0.2, 0.25) is 5.02 Å². The maximum Gasteiger partial charge on any atom is 0.255 e. The Morgan fingerprint density at radius 1 is 1.23 bits per heavy atom. The van der Waals surface area contributed by atoms with Crippen LogP contribution in [0.5, 0.6) is 0 Å². The summed E-state index contributed by atoms with van der Waals surface area (Å²) in [5.74, 6) is 0.284. The van der Waals surface area contributed by atoms with Crippen LogP contribution in [-0.4, -0.2) is 25.7 Å². The first-order valence-corrected chi connectivity index (χ1v) is 9.86. The first kappa shape index (κ1) is 21.5. The van der Waals surface area contributed by atoms with Crippen molar-refractivity contribution in [3.63, 3.8) is 0 Å². The standard InChI is InChI=1S/C22H24ClN5O2/c1-13-14(2)24-21(26-20(13)30)28-18(12-17(27-28)22(3,4)5)25-19(29)11-10-15-8-6-7-9-16(15)23/h6-12H,1-5H3,(H,25,29)(H,24,26,30)/b11-10+. The van der Waals surface area contributed by atoms with Gasteiger partial charge in [0.2, 0.25) is 11.9 Å². The third kappa shape index (κ3) is 4.68. The lowest BCUT2D eigenvalue weighted by Gasteiger charge is -2.14. The molecule has 3 aromatic rings. The van der Waals surface area contributed by atoms with Crippen LogP contribution in [0.4, 0.5) is 5.82 Å². The molecule has 156 valence electrons. The van der Waals surface area contributed by atoms with E-state index in [1.54, 1.807) is 32.1 Å². The van der Waals surface area contributed by atoms with Gasteiger partial charge in [-0.05, 0) is 31.6 Å². The lowest BCUT2D eigenvalue weighted by atomic mass is 9.92. The smallest absolute Gasteiger partial charge is 0.255 e. The highest BCUT2D eigenvalue weighted by molar-refractivity contribution is 6.32.